The van der Waals surface area contributed by atoms with Crippen molar-refractivity contribution in [1.29, 1.82) is 0 Å². The van der Waals surface area contributed by atoms with Gasteiger partial charge in [-0.3, -0.25) is 4.98 Å². The van der Waals surface area contributed by atoms with Gasteiger partial charge in [-0.1, -0.05) is 0 Å². The average molecular weight is 252 g/mol. The molecule has 1 saturated heterocycles. The van der Waals surface area contributed by atoms with Gasteiger partial charge in [-0.2, -0.15) is 0 Å². The molecule has 1 aliphatic heterocycles. The lowest BCUT2D eigenvalue weighted by Gasteiger charge is -2.30. The Kier molecular flexibility index (Phi) is 4.66. The molecule has 1 aliphatic rings. The summed E-state index contributed by atoms with van der Waals surface area (Å²) in [7, 11) is 0. The van der Waals surface area contributed by atoms with Crippen LogP contribution in [0.15, 0.2) is 18.3 Å². The molecule has 100 valence electrons. The summed E-state index contributed by atoms with van der Waals surface area (Å²) in [5.41, 5.74) is 0.885. The molecule has 2 atom stereocenters. The third kappa shape index (κ3) is 3.50. The summed E-state index contributed by atoms with van der Waals surface area (Å²) in [5, 5.41) is 3.54. The lowest BCUT2D eigenvalue weighted by atomic mass is 9.92. The maximum absolute atomic E-state index is 12.8. The Morgan fingerprint density at radius 1 is 1.33 bits per heavy atom. The van der Waals surface area contributed by atoms with Crippen molar-refractivity contribution in [2.45, 2.75) is 38.8 Å². The minimum absolute atomic E-state index is 0.142. The van der Waals surface area contributed by atoms with E-state index >= 15 is 0 Å². The number of rotatable bonds is 4. The number of pyridine rings is 1. The van der Waals surface area contributed by atoms with Crippen molar-refractivity contribution in [3.63, 3.8) is 0 Å². The van der Waals surface area contributed by atoms with Gasteiger partial charge in [-0.25, -0.2) is 4.39 Å². The first-order valence-corrected chi connectivity index (χ1v) is 6.62. The molecule has 18 heavy (non-hydrogen) atoms. The van der Waals surface area contributed by atoms with Crippen LogP contribution in [0.5, 0.6) is 0 Å². The van der Waals surface area contributed by atoms with Crippen molar-refractivity contribution in [1.82, 2.24) is 10.3 Å². The van der Waals surface area contributed by atoms with Gasteiger partial charge in [0.2, 0.25) is 0 Å². The van der Waals surface area contributed by atoms with Crippen molar-refractivity contribution < 1.29 is 9.13 Å². The number of halogens is 1. The number of aromatic nitrogens is 1. The largest absolute Gasteiger partial charge is 0.381 e. The van der Waals surface area contributed by atoms with Crippen LogP contribution >= 0.6 is 0 Å². The SMILES string of the molecule is CC(NC(C)C1CCOCC1)c1ccc(F)cn1. The highest BCUT2D eigenvalue weighted by Gasteiger charge is 2.22. The van der Waals surface area contributed by atoms with Gasteiger partial charge in [0.15, 0.2) is 0 Å². The van der Waals surface area contributed by atoms with Crippen LogP contribution in [0, 0.1) is 11.7 Å². The van der Waals surface area contributed by atoms with Crippen molar-refractivity contribution in [3.05, 3.63) is 29.8 Å². The zero-order valence-electron chi connectivity index (χ0n) is 11.0. The van der Waals surface area contributed by atoms with Gasteiger partial charge in [0.25, 0.3) is 0 Å². The molecule has 1 aromatic rings. The quantitative estimate of drug-likeness (QED) is 0.894. The molecule has 1 fully saturated rings. The molecule has 0 aliphatic carbocycles. The summed E-state index contributed by atoms with van der Waals surface area (Å²) < 4.78 is 18.2. The summed E-state index contributed by atoms with van der Waals surface area (Å²) in [6.45, 7) is 5.99. The lowest BCUT2D eigenvalue weighted by Crippen LogP contribution is -2.38. The third-order valence-electron chi connectivity index (χ3n) is 3.68. The molecule has 1 aromatic heterocycles. The van der Waals surface area contributed by atoms with Crippen LogP contribution in [0.3, 0.4) is 0 Å². The molecule has 4 heteroatoms. The van der Waals surface area contributed by atoms with Crippen LogP contribution in [0.2, 0.25) is 0 Å². The van der Waals surface area contributed by atoms with E-state index in [1.165, 1.54) is 12.3 Å². The third-order valence-corrected chi connectivity index (χ3v) is 3.68. The Bertz CT molecular complexity index is 363. The van der Waals surface area contributed by atoms with E-state index < -0.39 is 0 Å². The summed E-state index contributed by atoms with van der Waals surface area (Å²) in [4.78, 5) is 4.11. The molecule has 0 spiro atoms. The number of nitrogens with one attached hydrogen (secondary N) is 1. The van der Waals surface area contributed by atoms with E-state index in [4.69, 9.17) is 4.74 Å². The summed E-state index contributed by atoms with van der Waals surface area (Å²) in [6, 6.07) is 3.77. The van der Waals surface area contributed by atoms with Crippen LogP contribution in [0.4, 0.5) is 4.39 Å². The average Bonchev–Trinajstić information content (AvgIpc) is 2.40. The predicted octanol–water partition coefficient (Wildman–Crippen LogP) is 2.69. The van der Waals surface area contributed by atoms with Crippen LogP contribution in [0.25, 0.3) is 0 Å². The predicted molar refractivity (Wildman–Crippen MR) is 68.8 cm³/mol. The molecule has 2 heterocycles. The second-order valence-corrected chi connectivity index (χ2v) is 5.03. The molecular weight excluding hydrogens is 231 g/mol. The van der Waals surface area contributed by atoms with Gasteiger partial charge >= 0.3 is 0 Å². The Morgan fingerprint density at radius 3 is 2.67 bits per heavy atom. The van der Waals surface area contributed by atoms with Crippen molar-refractivity contribution in [2.75, 3.05) is 13.2 Å². The van der Waals surface area contributed by atoms with Gasteiger partial charge in [0.05, 0.1) is 11.9 Å². The maximum Gasteiger partial charge on any atom is 0.141 e. The molecular formula is C14H21FN2O. The van der Waals surface area contributed by atoms with E-state index in [9.17, 15) is 4.39 Å². The highest BCUT2D eigenvalue weighted by molar-refractivity contribution is 5.09. The van der Waals surface area contributed by atoms with E-state index in [1.807, 2.05) is 0 Å². The summed E-state index contributed by atoms with van der Waals surface area (Å²) >= 11 is 0. The Morgan fingerprint density at radius 2 is 2.06 bits per heavy atom. The zero-order chi connectivity index (χ0) is 13.0. The molecule has 1 N–H and O–H groups in total. The molecule has 0 bridgehead atoms. The molecule has 0 amide bonds. The van der Waals surface area contributed by atoms with E-state index in [2.05, 4.69) is 24.1 Å². The monoisotopic (exact) mass is 252 g/mol. The van der Waals surface area contributed by atoms with Crippen LogP contribution in [0.1, 0.15) is 38.4 Å². The van der Waals surface area contributed by atoms with Gasteiger partial charge in [0.1, 0.15) is 5.82 Å². The van der Waals surface area contributed by atoms with Crippen LogP contribution in [-0.2, 0) is 4.74 Å². The maximum atomic E-state index is 12.8. The number of nitrogens with zero attached hydrogens (tertiary/aromatic N) is 1. The first-order chi connectivity index (χ1) is 8.66. The zero-order valence-corrected chi connectivity index (χ0v) is 11.0. The molecule has 0 aromatic carbocycles. The molecule has 0 radical (unpaired) electrons. The minimum atomic E-state index is -0.288. The fourth-order valence-corrected chi connectivity index (χ4v) is 2.48. The standard InChI is InChI=1S/C14H21FN2O/c1-10(12-5-7-18-8-6-12)17-11(2)14-4-3-13(15)9-16-14/h3-4,9-12,17H,5-8H2,1-2H3. The summed E-state index contributed by atoms with van der Waals surface area (Å²) in [6.07, 6.45) is 3.49. The lowest BCUT2D eigenvalue weighted by molar-refractivity contribution is 0.0546. The van der Waals surface area contributed by atoms with Crippen molar-refractivity contribution in [3.8, 4) is 0 Å². The molecule has 2 rings (SSSR count). The molecule has 3 nitrogen and oxygen atoms in total. The number of ether oxygens (including phenoxy) is 1. The topological polar surface area (TPSA) is 34.1 Å². The normalized spacial score (nSPS) is 20.6. The van der Waals surface area contributed by atoms with Crippen LogP contribution < -0.4 is 5.32 Å². The highest BCUT2D eigenvalue weighted by atomic mass is 19.1. The minimum Gasteiger partial charge on any atom is -0.381 e. The first kappa shape index (κ1) is 13.4. The molecule has 2 unspecified atom stereocenters. The number of hydrogen-bond acceptors (Lipinski definition) is 3. The smallest absolute Gasteiger partial charge is 0.141 e. The van der Waals surface area contributed by atoms with Gasteiger partial charge in [0, 0.05) is 25.3 Å². The fraction of sp³-hybridized carbons (Fsp3) is 0.643. The highest BCUT2D eigenvalue weighted by Crippen LogP contribution is 2.21. The number of hydrogen-bond donors (Lipinski definition) is 1. The van der Waals surface area contributed by atoms with E-state index in [-0.39, 0.29) is 11.9 Å². The summed E-state index contributed by atoms with van der Waals surface area (Å²) in [5.74, 6) is 0.366. The van der Waals surface area contributed by atoms with Crippen molar-refractivity contribution in [2.24, 2.45) is 5.92 Å². The fourth-order valence-electron chi connectivity index (χ4n) is 2.48. The van der Waals surface area contributed by atoms with Crippen molar-refractivity contribution >= 4 is 0 Å². The van der Waals surface area contributed by atoms with Gasteiger partial charge in [-0.05, 0) is 44.7 Å². The first-order valence-electron chi connectivity index (χ1n) is 6.62. The van der Waals surface area contributed by atoms with E-state index in [0.29, 0.717) is 12.0 Å². The second-order valence-electron chi connectivity index (χ2n) is 5.03. The Labute approximate surface area is 108 Å². The Balaban J connectivity index is 1.89. The second kappa shape index (κ2) is 6.25. The van der Waals surface area contributed by atoms with Gasteiger partial charge in [-0.15, -0.1) is 0 Å². The van der Waals surface area contributed by atoms with E-state index in [0.717, 1.165) is 31.7 Å². The van der Waals surface area contributed by atoms with E-state index in [1.54, 1.807) is 6.07 Å². The molecule has 0 saturated carbocycles. The van der Waals surface area contributed by atoms with Crippen LogP contribution in [-0.4, -0.2) is 24.2 Å². The van der Waals surface area contributed by atoms with Gasteiger partial charge < -0.3 is 10.1 Å². The Hall–Kier alpha value is -1.00.